The van der Waals surface area contributed by atoms with Crippen molar-refractivity contribution in [2.24, 2.45) is 0 Å². The van der Waals surface area contributed by atoms with E-state index >= 15 is 0 Å². The summed E-state index contributed by atoms with van der Waals surface area (Å²) in [6.45, 7) is 8.68. The Morgan fingerprint density at radius 2 is 0.897 bits per heavy atom. The van der Waals surface area contributed by atoms with Gasteiger partial charge < -0.3 is 4.90 Å². The van der Waals surface area contributed by atoms with Crippen molar-refractivity contribution >= 4 is 17.0 Å². The Hall–Kier alpha value is -3.62. The molecule has 310 valence electrons. The van der Waals surface area contributed by atoms with Crippen LogP contribution in [0.4, 0.5) is 5.69 Å². The predicted molar refractivity (Wildman–Crippen MR) is 256 cm³/mol. The largest absolute Gasteiger partial charge is 0.363 e. The minimum atomic E-state index is 0.0362. The van der Waals surface area contributed by atoms with E-state index in [0.717, 1.165) is 13.1 Å². The Morgan fingerprint density at radius 1 is 0.448 bits per heavy atom. The maximum Gasteiger partial charge on any atom is 0.0433 e. The number of hydrogen-bond donors (Lipinski definition) is 0. The first-order valence-corrected chi connectivity index (χ1v) is 24.6. The van der Waals surface area contributed by atoms with Crippen LogP contribution in [-0.4, -0.2) is 0 Å². The maximum atomic E-state index is 2.66. The molecule has 58 heavy (non-hydrogen) atoms. The van der Waals surface area contributed by atoms with Crippen LogP contribution in [0, 0.1) is 6.92 Å². The minimum Gasteiger partial charge on any atom is -0.363 e. The third-order valence-electron chi connectivity index (χ3n) is 13.1. The average Bonchev–Trinajstić information content (AvgIpc) is 3.81. The molecule has 0 N–H and O–H groups in total. The molecular weight excluding hydrogens is 719 g/mol. The second kappa shape index (κ2) is 23.8. The fourth-order valence-corrected chi connectivity index (χ4v) is 10.6. The summed E-state index contributed by atoms with van der Waals surface area (Å²) in [5.74, 6) is 0. The smallest absolute Gasteiger partial charge is 0.0433 e. The van der Waals surface area contributed by atoms with Gasteiger partial charge in [0.2, 0.25) is 0 Å². The lowest BCUT2D eigenvalue weighted by molar-refractivity contribution is 0.397. The molecule has 0 amide bonds. The third-order valence-corrected chi connectivity index (χ3v) is 14.1. The lowest BCUT2D eigenvalue weighted by Crippen LogP contribution is -2.27. The number of fused-ring (bicyclic) bond motifs is 3. The molecule has 2 heteroatoms. The van der Waals surface area contributed by atoms with Crippen LogP contribution in [0.2, 0.25) is 0 Å². The molecule has 1 heterocycles. The number of benzene rings is 4. The Morgan fingerprint density at radius 3 is 1.36 bits per heavy atom. The molecule has 1 aliphatic rings. The van der Waals surface area contributed by atoms with Gasteiger partial charge in [-0.1, -0.05) is 221 Å². The highest BCUT2D eigenvalue weighted by molar-refractivity contribution is 7.15. The highest BCUT2D eigenvalue weighted by Gasteiger charge is 2.43. The summed E-state index contributed by atoms with van der Waals surface area (Å²) in [7, 11) is 0. The van der Waals surface area contributed by atoms with E-state index in [4.69, 9.17) is 0 Å². The third kappa shape index (κ3) is 12.5. The highest BCUT2D eigenvalue weighted by Crippen LogP contribution is 2.56. The Bertz CT molecular complexity index is 1820. The van der Waals surface area contributed by atoms with Crippen LogP contribution in [-0.2, 0) is 18.5 Å². The predicted octanol–water partition coefficient (Wildman–Crippen LogP) is 17.8. The van der Waals surface area contributed by atoms with Crippen molar-refractivity contribution in [2.45, 2.75) is 181 Å². The number of aryl methyl sites for hydroxylation is 1. The second-order valence-corrected chi connectivity index (χ2v) is 19.0. The fraction of sp³-hybridized carbons (Fsp3) is 0.500. The Balaban J connectivity index is 1.30. The summed E-state index contributed by atoms with van der Waals surface area (Å²) >= 11 is 1.94. The molecule has 1 nitrogen and oxygen atoms in total. The molecule has 0 spiro atoms. The molecule has 0 saturated carbocycles. The Labute approximate surface area is 358 Å². The van der Waals surface area contributed by atoms with Crippen LogP contribution < -0.4 is 4.90 Å². The van der Waals surface area contributed by atoms with E-state index < -0.39 is 0 Å². The molecule has 5 aromatic rings. The van der Waals surface area contributed by atoms with E-state index in [2.05, 4.69) is 135 Å². The van der Waals surface area contributed by atoms with Gasteiger partial charge in [-0.15, -0.1) is 11.3 Å². The summed E-state index contributed by atoms with van der Waals surface area (Å²) < 4.78 is 0. The van der Waals surface area contributed by atoms with Gasteiger partial charge in [0.15, 0.2) is 0 Å². The van der Waals surface area contributed by atoms with Crippen LogP contribution >= 0.6 is 11.3 Å². The molecule has 0 radical (unpaired) electrons. The number of anilines is 1. The lowest BCUT2D eigenvalue weighted by atomic mass is 9.70. The lowest BCUT2D eigenvalue weighted by Gasteiger charge is -2.34. The average molecular weight is 794 g/mol. The summed E-state index contributed by atoms with van der Waals surface area (Å²) in [6.07, 6.45) is 30.1. The van der Waals surface area contributed by atoms with Crippen LogP contribution in [0.1, 0.15) is 182 Å². The summed E-state index contributed by atoms with van der Waals surface area (Å²) in [4.78, 5) is 5.42. The molecule has 0 bridgehead atoms. The number of nitrogens with zero attached hydrogens (tertiary/aromatic N) is 1. The normalized spacial score (nSPS) is 12.8. The number of hydrogen-bond acceptors (Lipinski definition) is 2. The van der Waals surface area contributed by atoms with Crippen LogP contribution in [0.15, 0.2) is 109 Å². The van der Waals surface area contributed by atoms with Gasteiger partial charge in [-0.2, -0.15) is 0 Å². The highest BCUT2D eigenvalue weighted by atomic mass is 32.1. The zero-order chi connectivity index (χ0) is 40.3. The monoisotopic (exact) mass is 794 g/mol. The summed E-state index contributed by atoms with van der Waals surface area (Å²) in [5, 5.41) is 0. The topological polar surface area (TPSA) is 3.24 Å². The van der Waals surface area contributed by atoms with E-state index in [1.165, 1.54) is 185 Å². The molecule has 0 atom stereocenters. The van der Waals surface area contributed by atoms with E-state index in [9.17, 15) is 0 Å². The molecule has 4 aromatic carbocycles. The molecule has 6 rings (SSSR count). The van der Waals surface area contributed by atoms with Gasteiger partial charge in [-0.05, 0) is 89.0 Å². The number of unbranched alkanes of at least 4 members (excludes halogenated alkanes) is 18. The summed E-state index contributed by atoms with van der Waals surface area (Å²) in [5.41, 5.74) is 11.7. The number of rotatable bonds is 28. The summed E-state index contributed by atoms with van der Waals surface area (Å²) in [6, 6.07) is 41.9. The van der Waals surface area contributed by atoms with Crippen molar-refractivity contribution < 1.29 is 0 Å². The van der Waals surface area contributed by atoms with Crippen molar-refractivity contribution in [1.29, 1.82) is 0 Å². The van der Waals surface area contributed by atoms with E-state index in [-0.39, 0.29) is 5.41 Å². The van der Waals surface area contributed by atoms with Gasteiger partial charge >= 0.3 is 0 Å². The molecular formula is C56H75NS. The molecule has 1 aromatic heterocycles. The zero-order valence-electron chi connectivity index (χ0n) is 36.7. The Kier molecular flexibility index (Phi) is 18.1. The quantitative estimate of drug-likeness (QED) is 0.0456. The minimum absolute atomic E-state index is 0.0362. The first kappa shape index (κ1) is 43.9. The van der Waals surface area contributed by atoms with E-state index in [1.54, 1.807) is 11.1 Å². The van der Waals surface area contributed by atoms with Crippen LogP contribution in [0.5, 0.6) is 0 Å². The van der Waals surface area contributed by atoms with Gasteiger partial charge in [0.1, 0.15) is 0 Å². The zero-order valence-corrected chi connectivity index (χ0v) is 37.5. The van der Waals surface area contributed by atoms with E-state index in [0.29, 0.717) is 0 Å². The first-order chi connectivity index (χ1) is 28.6. The molecule has 0 unspecified atom stereocenters. The van der Waals surface area contributed by atoms with Crippen LogP contribution in [0.25, 0.3) is 21.6 Å². The van der Waals surface area contributed by atoms with Gasteiger partial charge in [0.05, 0.1) is 0 Å². The van der Waals surface area contributed by atoms with Crippen molar-refractivity contribution in [1.82, 2.24) is 0 Å². The molecule has 1 aliphatic carbocycles. The molecule has 0 aliphatic heterocycles. The standard InChI is InChI=1S/C56H75NS/c1-4-6-8-10-12-14-16-18-20-28-40-56(41-29-21-19-17-15-13-11-9-7-5-2)53-42-49(55-39-34-46(3)58-55)35-37-51(53)52-38-36-50(43-54(52)56)57(44-47-30-24-22-25-31-47)45-48-32-26-23-27-33-48/h22-27,30-39,42-43H,4-21,28-29,40-41,44-45H2,1-3H3. The van der Waals surface area contributed by atoms with Gasteiger partial charge in [0.25, 0.3) is 0 Å². The van der Waals surface area contributed by atoms with E-state index in [1.807, 2.05) is 11.3 Å². The van der Waals surface area contributed by atoms with Crippen molar-refractivity contribution in [3.05, 3.63) is 136 Å². The first-order valence-electron chi connectivity index (χ1n) is 23.8. The van der Waals surface area contributed by atoms with Crippen molar-refractivity contribution in [3.8, 4) is 21.6 Å². The van der Waals surface area contributed by atoms with Crippen molar-refractivity contribution in [3.63, 3.8) is 0 Å². The number of thiophene rings is 1. The second-order valence-electron chi connectivity index (χ2n) is 17.7. The van der Waals surface area contributed by atoms with Gasteiger partial charge in [-0.25, -0.2) is 0 Å². The maximum absolute atomic E-state index is 2.66. The van der Waals surface area contributed by atoms with Gasteiger partial charge in [0, 0.05) is 33.9 Å². The molecule has 0 fully saturated rings. The van der Waals surface area contributed by atoms with Crippen LogP contribution in [0.3, 0.4) is 0 Å². The molecule has 0 saturated heterocycles. The van der Waals surface area contributed by atoms with Gasteiger partial charge in [-0.3, -0.25) is 0 Å². The fourth-order valence-electron chi connectivity index (χ4n) is 9.76. The SMILES string of the molecule is CCCCCCCCCCCCC1(CCCCCCCCCCCC)c2cc(-c3ccc(C)s3)ccc2-c2ccc(N(Cc3ccccc3)Cc3ccccc3)cc21. The van der Waals surface area contributed by atoms with Crippen molar-refractivity contribution in [2.75, 3.05) is 4.90 Å².